The fraction of sp³-hybridized carbons (Fsp3) is 0.300. The van der Waals surface area contributed by atoms with Crippen LogP contribution < -0.4 is 10.1 Å². The summed E-state index contributed by atoms with van der Waals surface area (Å²) < 4.78 is 5.07. The minimum Gasteiger partial charge on any atom is -0.425 e. The molecule has 1 atom stereocenters. The van der Waals surface area contributed by atoms with Crippen LogP contribution in [0.5, 0.6) is 5.75 Å². The molecular weight excluding hydrogens is 166 g/mol. The zero-order chi connectivity index (χ0) is 9.68. The smallest absolute Gasteiger partial charge is 0.328 e. The molecule has 0 aliphatic rings. The number of hydrogen-bond acceptors (Lipinski definition) is 3. The number of rotatable bonds is 3. The number of nitrogens with one attached hydrogen (secondary N) is 1. The van der Waals surface area contributed by atoms with E-state index in [1.807, 2.05) is 18.2 Å². The van der Waals surface area contributed by atoms with E-state index in [0.717, 1.165) is 0 Å². The lowest BCUT2D eigenvalue weighted by atomic mass is 10.3. The monoisotopic (exact) mass is 179 g/mol. The van der Waals surface area contributed by atoms with Gasteiger partial charge in [-0.3, -0.25) is 0 Å². The third-order valence-electron chi connectivity index (χ3n) is 1.75. The molecule has 0 fully saturated rings. The van der Waals surface area contributed by atoms with Crippen molar-refractivity contribution in [3.05, 3.63) is 30.3 Å². The van der Waals surface area contributed by atoms with Crippen molar-refractivity contribution < 1.29 is 9.53 Å². The van der Waals surface area contributed by atoms with Gasteiger partial charge in [-0.25, -0.2) is 4.79 Å². The van der Waals surface area contributed by atoms with Crippen LogP contribution in [0.3, 0.4) is 0 Å². The van der Waals surface area contributed by atoms with Gasteiger partial charge in [0.2, 0.25) is 0 Å². The van der Waals surface area contributed by atoms with E-state index < -0.39 is 0 Å². The summed E-state index contributed by atoms with van der Waals surface area (Å²) in [6.07, 6.45) is 0. The quantitative estimate of drug-likeness (QED) is 0.559. The molecule has 0 spiro atoms. The van der Waals surface area contributed by atoms with Crippen molar-refractivity contribution in [2.75, 3.05) is 7.05 Å². The number of esters is 1. The number of hydrogen-bond donors (Lipinski definition) is 1. The van der Waals surface area contributed by atoms with Gasteiger partial charge in [0.1, 0.15) is 11.8 Å². The highest BCUT2D eigenvalue weighted by Gasteiger charge is 2.11. The average Bonchev–Trinajstić information content (AvgIpc) is 2.18. The first kappa shape index (κ1) is 9.74. The van der Waals surface area contributed by atoms with Crippen molar-refractivity contribution in [1.82, 2.24) is 5.32 Å². The Balaban J connectivity index is 2.55. The third kappa shape index (κ3) is 2.87. The molecule has 1 rings (SSSR count). The predicted molar refractivity (Wildman–Crippen MR) is 50.6 cm³/mol. The number of ether oxygens (including phenoxy) is 1. The SMILES string of the molecule is CNC(C)C(=O)Oc1ccccc1. The van der Waals surface area contributed by atoms with Gasteiger partial charge in [0.25, 0.3) is 0 Å². The van der Waals surface area contributed by atoms with Crippen LogP contribution in [-0.2, 0) is 4.79 Å². The van der Waals surface area contributed by atoms with Gasteiger partial charge in [-0.15, -0.1) is 0 Å². The number of para-hydroxylation sites is 1. The number of carbonyl (C=O) groups excluding carboxylic acids is 1. The van der Waals surface area contributed by atoms with Crippen molar-refractivity contribution in [2.45, 2.75) is 13.0 Å². The molecule has 70 valence electrons. The molecule has 0 saturated heterocycles. The maximum Gasteiger partial charge on any atom is 0.328 e. The number of likely N-dealkylation sites (N-methyl/N-ethyl adjacent to an activating group) is 1. The van der Waals surface area contributed by atoms with Crippen LogP contribution in [-0.4, -0.2) is 19.1 Å². The summed E-state index contributed by atoms with van der Waals surface area (Å²) in [6, 6.07) is 8.75. The van der Waals surface area contributed by atoms with E-state index in [9.17, 15) is 4.79 Å². The Bertz CT molecular complexity index is 272. The molecule has 3 nitrogen and oxygen atoms in total. The second-order valence-electron chi connectivity index (χ2n) is 2.74. The Hall–Kier alpha value is -1.35. The molecule has 13 heavy (non-hydrogen) atoms. The lowest BCUT2D eigenvalue weighted by Gasteiger charge is -2.09. The summed E-state index contributed by atoms with van der Waals surface area (Å²) >= 11 is 0. The maximum atomic E-state index is 11.3. The average molecular weight is 179 g/mol. The molecule has 0 aliphatic carbocycles. The minimum absolute atomic E-state index is 0.270. The standard InChI is InChI=1S/C10H13NO2/c1-8(11-2)10(12)13-9-6-4-3-5-7-9/h3-8,11H,1-2H3. The number of carbonyl (C=O) groups is 1. The van der Waals surface area contributed by atoms with E-state index in [2.05, 4.69) is 5.32 Å². The highest BCUT2D eigenvalue weighted by molar-refractivity contribution is 5.77. The fourth-order valence-electron chi connectivity index (χ4n) is 0.811. The summed E-state index contributed by atoms with van der Waals surface area (Å²) in [5, 5.41) is 2.81. The summed E-state index contributed by atoms with van der Waals surface area (Å²) in [5.41, 5.74) is 0. The molecule has 3 heteroatoms. The van der Waals surface area contributed by atoms with Crippen molar-refractivity contribution in [1.29, 1.82) is 0 Å². The first-order valence-electron chi connectivity index (χ1n) is 4.18. The Labute approximate surface area is 77.7 Å². The molecule has 0 heterocycles. The van der Waals surface area contributed by atoms with Gasteiger partial charge in [0.15, 0.2) is 0 Å². The molecule has 1 unspecified atom stereocenters. The first-order chi connectivity index (χ1) is 6.24. The summed E-state index contributed by atoms with van der Waals surface area (Å²) in [5.74, 6) is 0.309. The molecule has 0 radical (unpaired) electrons. The van der Waals surface area contributed by atoms with Crippen molar-refractivity contribution in [2.24, 2.45) is 0 Å². The summed E-state index contributed by atoms with van der Waals surface area (Å²) in [4.78, 5) is 11.3. The first-order valence-corrected chi connectivity index (χ1v) is 4.18. The normalized spacial score (nSPS) is 12.2. The van der Waals surface area contributed by atoms with Crippen LogP contribution in [0.15, 0.2) is 30.3 Å². The van der Waals surface area contributed by atoms with Crippen LogP contribution in [0.2, 0.25) is 0 Å². The van der Waals surface area contributed by atoms with Gasteiger partial charge in [0, 0.05) is 0 Å². The molecule has 1 aromatic rings. The molecule has 1 N–H and O–H groups in total. The zero-order valence-corrected chi connectivity index (χ0v) is 7.78. The molecule has 0 bridgehead atoms. The molecule has 0 aromatic heterocycles. The highest BCUT2D eigenvalue weighted by Crippen LogP contribution is 2.08. The van der Waals surface area contributed by atoms with Crippen LogP contribution in [0.1, 0.15) is 6.92 Å². The van der Waals surface area contributed by atoms with Gasteiger partial charge in [-0.05, 0) is 26.1 Å². The second kappa shape index (κ2) is 4.62. The Morgan fingerprint density at radius 2 is 2.00 bits per heavy atom. The number of benzene rings is 1. The van der Waals surface area contributed by atoms with Gasteiger partial charge < -0.3 is 10.1 Å². The van der Waals surface area contributed by atoms with E-state index in [-0.39, 0.29) is 12.0 Å². The van der Waals surface area contributed by atoms with Crippen LogP contribution in [0, 0.1) is 0 Å². The largest absolute Gasteiger partial charge is 0.425 e. The Morgan fingerprint density at radius 3 is 2.54 bits per heavy atom. The van der Waals surface area contributed by atoms with Crippen LogP contribution in [0.25, 0.3) is 0 Å². The van der Waals surface area contributed by atoms with Crippen molar-refractivity contribution >= 4 is 5.97 Å². The van der Waals surface area contributed by atoms with E-state index >= 15 is 0 Å². The van der Waals surface area contributed by atoms with Gasteiger partial charge >= 0.3 is 5.97 Å². The molecule has 0 amide bonds. The molecule has 0 saturated carbocycles. The Morgan fingerprint density at radius 1 is 1.38 bits per heavy atom. The molecule has 1 aromatic carbocycles. The van der Waals surface area contributed by atoms with Gasteiger partial charge in [-0.1, -0.05) is 18.2 Å². The lowest BCUT2D eigenvalue weighted by molar-refractivity contribution is -0.136. The second-order valence-corrected chi connectivity index (χ2v) is 2.74. The minimum atomic E-state index is -0.278. The Kier molecular flexibility index (Phi) is 3.46. The van der Waals surface area contributed by atoms with E-state index in [0.29, 0.717) is 5.75 Å². The van der Waals surface area contributed by atoms with Crippen LogP contribution in [0.4, 0.5) is 0 Å². The topological polar surface area (TPSA) is 38.3 Å². The van der Waals surface area contributed by atoms with Gasteiger partial charge in [-0.2, -0.15) is 0 Å². The molecule has 0 aliphatic heterocycles. The van der Waals surface area contributed by atoms with Crippen molar-refractivity contribution in [3.63, 3.8) is 0 Å². The lowest BCUT2D eigenvalue weighted by Crippen LogP contribution is -2.34. The maximum absolute atomic E-state index is 11.3. The molecular formula is C10H13NO2. The van der Waals surface area contributed by atoms with E-state index in [4.69, 9.17) is 4.74 Å². The third-order valence-corrected chi connectivity index (χ3v) is 1.75. The van der Waals surface area contributed by atoms with E-state index in [1.165, 1.54) is 0 Å². The van der Waals surface area contributed by atoms with Crippen LogP contribution >= 0.6 is 0 Å². The summed E-state index contributed by atoms with van der Waals surface area (Å²) in [6.45, 7) is 1.76. The highest BCUT2D eigenvalue weighted by atomic mass is 16.5. The fourth-order valence-corrected chi connectivity index (χ4v) is 0.811. The zero-order valence-electron chi connectivity index (χ0n) is 7.78. The van der Waals surface area contributed by atoms with Crippen molar-refractivity contribution in [3.8, 4) is 5.75 Å². The van der Waals surface area contributed by atoms with Gasteiger partial charge in [0.05, 0.1) is 0 Å². The summed E-state index contributed by atoms with van der Waals surface area (Å²) in [7, 11) is 1.72. The van der Waals surface area contributed by atoms with E-state index in [1.54, 1.807) is 26.1 Å². The predicted octanol–water partition coefficient (Wildman–Crippen LogP) is 1.20.